The number of carbonyl (C=O) groups is 2. The third-order valence-electron chi connectivity index (χ3n) is 12.1. The van der Waals surface area contributed by atoms with E-state index < -0.39 is 23.0 Å². The molecule has 0 aromatic rings. The number of hydrogen-bond acceptors (Lipinski definition) is 6. The maximum absolute atomic E-state index is 13.5. The molecule has 36 heavy (non-hydrogen) atoms. The van der Waals surface area contributed by atoms with Crippen molar-refractivity contribution in [3.8, 4) is 0 Å². The fourth-order valence-corrected chi connectivity index (χ4v) is 10.5. The summed E-state index contributed by atoms with van der Waals surface area (Å²) in [5.74, 6) is 0.605. The van der Waals surface area contributed by atoms with E-state index >= 15 is 0 Å². The summed E-state index contributed by atoms with van der Waals surface area (Å²) in [7, 11) is 2.24. The van der Waals surface area contributed by atoms with Gasteiger partial charge in [0, 0.05) is 40.5 Å². The van der Waals surface area contributed by atoms with Gasteiger partial charge in [0.25, 0.3) is 0 Å². The average molecular weight is 518 g/mol. The molecule has 0 aromatic heterocycles. The number of ketones is 1. The summed E-state index contributed by atoms with van der Waals surface area (Å²) in [5, 5.41) is 12.2. The van der Waals surface area contributed by atoms with Crippen LogP contribution in [0.2, 0.25) is 0 Å². The summed E-state index contributed by atoms with van der Waals surface area (Å²) in [6.45, 7) is 12.8. The minimum absolute atomic E-state index is 0.00390. The Kier molecular flexibility index (Phi) is 6.99. The molecular formula is C30H47NO4S. The number of Topliss-reactive ketones (excluding diaryl/α,β-unsaturated/α-hetero) is 1. The van der Waals surface area contributed by atoms with Gasteiger partial charge >= 0.3 is 5.97 Å². The van der Waals surface area contributed by atoms with Gasteiger partial charge in [-0.05, 0) is 75.7 Å². The molecule has 202 valence electrons. The van der Waals surface area contributed by atoms with Crippen LogP contribution in [0.4, 0.5) is 0 Å². The van der Waals surface area contributed by atoms with E-state index in [-0.39, 0.29) is 29.1 Å². The first-order valence-electron chi connectivity index (χ1n) is 14.3. The second-order valence-electron chi connectivity index (χ2n) is 13.5. The van der Waals surface area contributed by atoms with E-state index in [0.717, 1.165) is 32.1 Å². The Hall–Kier alpha value is -0.850. The lowest BCUT2D eigenvalue weighted by atomic mass is 9.44. The van der Waals surface area contributed by atoms with Crippen LogP contribution in [0.3, 0.4) is 0 Å². The average Bonchev–Trinajstić information content (AvgIpc) is 3.28. The van der Waals surface area contributed by atoms with Gasteiger partial charge < -0.3 is 14.7 Å². The molecule has 4 bridgehead atoms. The topological polar surface area (TPSA) is 66.8 Å². The largest absolute Gasteiger partial charge is 0.461 e. The van der Waals surface area contributed by atoms with Crippen LogP contribution in [-0.4, -0.2) is 64.1 Å². The second kappa shape index (κ2) is 9.41. The summed E-state index contributed by atoms with van der Waals surface area (Å²) in [4.78, 5) is 29.4. The normalized spacial score (nSPS) is 50.8. The third-order valence-corrected chi connectivity index (χ3v) is 13.3. The number of nitrogens with zero attached hydrogens (tertiary/aromatic N) is 1. The number of hydrogen-bond donors (Lipinski definition) is 1. The molecule has 1 N–H and O–H groups in total. The molecule has 2 saturated heterocycles. The number of esters is 1. The summed E-state index contributed by atoms with van der Waals surface area (Å²) >= 11 is 1.76. The number of aliphatic hydroxyl groups excluding tert-OH is 1. The molecule has 2 heterocycles. The van der Waals surface area contributed by atoms with Crippen LogP contribution in [0.5, 0.6) is 0 Å². The first-order valence-corrected chi connectivity index (χ1v) is 15.4. The van der Waals surface area contributed by atoms with Gasteiger partial charge in [0.2, 0.25) is 0 Å². The minimum Gasteiger partial charge on any atom is -0.461 e. The lowest BCUT2D eigenvalue weighted by Gasteiger charge is -2.61. The zero-order valence-corrected chi connectivity index (χ0v) is 23.8. The van der Waals surface area contributed by atoms with Crippen molar-refractivity contribution in [3.63, 3.8) is 0 Å². The first kappa shape index (κ1) is 26.7. The highest BCUT2D eigenvalue weighted by Gasteiger charge is 2.68. The number of thioether (sulfide) groups is 1. The summed E-state index contributed by atoms with van der Waals surface area (Å²) in [6, 6.07) is 1.31. The maximum atomic E-state index is 13.5. The van der Waals surface area contributed by atoms with E-state index in [0.29, 0.717) is 41.7 Å². The molecule has 0 aromatic carbocycles. The highest BCUT2D eigenvalue weighted by Crippen LogP contribution is 2.68. The van der Waals surface area contributed by atoms with Crippen LogP contribution in [0.1, 0.15) is 85.5 Å². The van der Waals surface area contributed by atoms with Crippen LogP contribution < -0.4 is 0 Å². The third kappa shape index (κ3) is 3.95. The van der Waals surface area contributed by atoms with Crippen LogP contribution in [-0.2, 0) is 14.3 Å². The molecule has 5 aliphatic rings. The molecule has 0 amide bonds. The van der Waals surface area contributed by atoms with Crippen LogP contribution >= 0.6 is 11.8 Å². The van der Waals surface area contributed by atoms with Crippen molar-refractivity contribution in [1.29, 1.82) is 0 Å². The Morgan fingerprint density at radius 1 is 1.19 bits per heavy atom. The fourth-order valence-electron chi connectivity index (χ4n) is 9.38. The maximum Gasteiger partial charge on any atom is 0.316 e. The molecule has 0 radical (unpaired) electrons. The number of carbonyl (C=O) groups excluding carboxylic acids is 2. The second-order valence-corrected chi connectivity index (χ2v) is 14.8. The van der Waals surface area contributed by atoms with Crippen molar-refractivity contribution < 1.29 is 19.4 Å². The zero-order valence-electron chi connectivity index (χ0n) is 23.0. The standard InChI is InChI=1S/C30H47NO4S/c1-7-28(4)16-24(35-25(33)17-36-22-14-20-8-9-21(15-22)31(20)6)29(5)18(2)10-12-30(19(3)27(28)34)13-11-23(32)26(29)30/h7,18-22,24,26-27,34H,1,8-17H2,2-6H3/t18-,19+,20-,21+,22?,24+,26-,27+,28-,29-,30-/m1/s1. The summed E-state index contributed by atoms with van der Waals surface area (Å²) < 4.78 is 6.42. The molecule has 2 aliphatic heterocycles. The Balaban J connectivity index is 1.39. The monoisotopic (exact) mass is 517 g/mol. The lowest BCUT2D eigenvalue weighted by Crippen LogP contribution is -2.63. The Morgan fingerprint density at radius 3 is 2.50 bits per heavy atom. The van der Waals surface area contributed by atoms with Crippen LogP contribution in [0.25, 0.3) is 0 Å². The Labute approximate surface area is 222 Å². The molecule has 1 unspecified atom stereocenters. The molecule has 5 nitrogen and oxygen atoms in total. The van der Waals surface area contributed by atoms with Crippen molar-refractivity contribution in [2.24, 2.45) is 34.0 Å². The molecular weight excluding hydrogens is 470 g/mol. The van der Waals surface area contributed by atoms with Gasteiger partial charge in [-0.1, -0.05) is 33.8 Å². The number of fused-ring (bicyclic) bond motifs is 2. The van der Waals surface area contributed by atoms with Gasteiger partial charge in [-0.3, -0.25) is 9.59 Å². The minimum atomic E-state index is -0.619. The van der Waals surface area contributed by atoms with Crippen molar-refractivity contribution in [2.45, 2.75) is 115 Å². The van der Waals surface area contributed by atoms with E-state index in [2.05, 4.69) is 46.2 Å². The number of rotatable bonds is 5. The van der Waals surface area contributed by atoms with E-state index in [1.165, 1.54) is 12.8 Å². The Morgan fingerprint density at radius 2 is 1.86 bits per heavy atom. The molecule has 3 saturated carbocycles. The van der Waals surface area contributed by atoms with Gasteiger partial charge in [-0.15, -0.1) is 18.3 Å². The first-order chi connectivity index (χ1) is 17.0. The quantitative estimate of drug-likeness (QED) is 0.397. The van der Waals surface area contributed by atoms with Gasteiger partial charge in [0.1, 0.15) is 11.9 Å². The van der Waals surface area contributed by atoms with Crippen molar-refractivity contribution in [3.05, 3.63) is 12.7 Å². The highest BCUT2D eigenvalue weighted by atomic mass is 32.2. The number of piperidine rings is 1. The van der Waals surface area contributed by atoms with E-state index in [1.807, 2.05) is 6.08 Å². The van der Waals surface area contributed by atoms with Crippen LogP contribution in [0, 0.1) is 34.0 Å². The number of ether oxygens (including phenoxy) is 1. The smallest absolute Gasteiger partial charge is 0.316 e. The van der Waals surface area contributed by atoms with Crippen molar-refractivity contribution in [2.75, 3.05) is 12.8 Å². The fraction of sp³-hybridized carbons (Fsp3) is 0.867. The van der Waals surface area contributed by atoms with E-state index in [9.17, 15) is 14.7 Å². The summed E-state index contributed by atoms with van der Waals surface area (Å²) in [5.41, 5.74) is -1.24. The van der Waals surface area contributed by atoms with E-state index in [4.69, 9.17) is 4.74 Å². The molecule has 5 fully saturated rings. The van der Waals surface area contributed by atoms with Gasteiger partial charge in [-0.25, -0.2) is 0 Å². The predicted octanol–water partition coefficient (Wildman–Crippen LogP) is 5.25. The zero-order chi connectivity index (χ0) is 26.0. The van der Waals surface area contributed by atoms with Gasteiger partial charge in [-0.2, -0.15) is 0 Å². The molecule has 6 heteroatoms. The van der Waals surface area contributed by atoms with Gasteiger partial charge in [0.05, 0.1) is 11.9 Å². The predicted molar refractivity (Wildman–Crippen MR) is 145 cm³/mol. The molecule has 11 atom stereocenters. The van der Waals surface area contributed by atoms with E-state index in [1.54, 1.807) is 11.8 Å². The Bertz CT molecular complexity index is 895. The van der Waals surface area contributed by atoms with Gasteiger partial charge in [0.15, 0.2) is 0 Å². The SMILES string of the molecule is C=C[C@]1(C)C[C@H](OC(=O)CSC2C[C@H]3CC[C@@H](C2)N3C)[C@@]2(C)[C@H](C)CC[C@@]3(CCC(=O)[C@@H]32)[C@@H](C)[C@@H]1O. The van der Waals surface area contributed by atoms with Crippen molar-refractivity contribution in [1.82, 2.24) is 4.90 Å². The molecule has 5 rings (SSSR count). The molecule has 3 aliphatic carbocycles. The number of aliphatic hydroxyl groups is 1. The lowest BCUT2D eigenvalue weighted by molar-refractivity contribution is -0.205. The van der Waals surface area contributed by atoms with Crippen molar-refractivity contribution >= 4 is 23.5 Å². The highest BCUT2D eigenvalue weighted by molar-refractivity contribution is 8.00. The van der Waals surface area contributed by atoms with Crippen LogP contribution in [0.15, 0.2) is 12.7 Å². The molecule has 0 spiro atoms. The summed E-state index contributed by atoms with van der Waals surface area (Å²) in [6.07, 6.45) is 9.58.